The summed E-state index contributed by atoms with van der Waals surface area (Å²) in [6.45, 7) is 1.83. The summed E-state index contributed by atoms with van der Waals surface area (Å²) in [5.41, 5.74) is 3.36. The molecule has 2 aromatic carbocycles. The molecule has 1 heterocycles. The number of halogens is 1. The molecule has 0 bridgehead atoms. The summed E-state index contributed by atoms with van der Waals surface area (Å²) in [7, 11) is 0. The molecule has 2 N–H and O–H groups in total. The Morgan fingerprint density at radius 2 is 1.79 bits per heavy atom. The van der Waals surface area contributed by atoms with Crippen LogP contribution in [0.4, 0.5) is 10.1 Å². The van der Waals surface area contributed by atoms with Crippen molar-refractivity contribution in [2.75, 3.05) is 5.32 Å². The zero-order valence-corrected chi connectivity index (χ0v) is 13.3. The van der Waals surface area contributed by atoms with Gasteiger partial charge in [0.1, 0.15) is 5.82 Å². The molecule has 0 aliphatic carbocycles. The SMILES string of the molecule is Cc1[nH]nc(CCc2ccccc2)c1NC(=O)c1ccccc1F. The molecule has 0 fully saturated rings. The summed E-state index contributed by atoms with van der Waals surface area (Å²) in [4.78, 5) is 12.3. The third-order valence-corrected chi connectivity index (χ3v) is 3.87. The van der Waals surface area contributed by atoms with E-state index in [0.29, 0.717) is 12.1 Å². The van der Waals surface area contributed by atoms with Gasteiger partial charge in [-0.05, 0) is 37.5 Å². The second kappa shape index (κ2) is 7.08. The average Bonchev–Trinajstić information content (AvgIpc) is 2.94. The lowest BCUT2D eigenvalue weighted by Crippen LogP contribution is -2.15. The predicted molar refractivity (Wildman–Crippen MR) is 91.5 cm³/mol. The normalized spacial score (nSPS) is 10.6. The molecule has 122 valence electrons. The van der Waals surface area contributed by atoms with Crippen LogP contribution in [0.1, 0.15) is 27.3 Å². The highest BCUT2D eigenvalue weighted by Gasteiger charge is 2.16. The van der Waals surface area contributed by atoms with Gasteiger partial charge in [0.25, 0.3) is 5.91 Å². The van der Waals surface area contributed by atoms with E-state index in [0.717, 1.165) is 17.8 Å². The molecule has 1 aromatic heterocycles. The fraction of sp³-hybridized carbons (Fsp3) is 0.158. The van der Waals surface area contributed by atoms with Crippen LogP contribution in [0.15, 0.2) is 54.6 Å². The van der Waals surface area contributed by atoms with E-state index in [-0.39, 0.29) is 5.56 Å². The summed E-state index contributed by atoms with van der Waals surface area (Å²) in [6.07, 6.45) is 1.49. The number of anilines is 1. The first-order chi connectivity index (χ1) is 11.6. The third-order valence-electron chi connectivity index (χ3n) is 3.87. The number of H-pyrrole nitrogens is 1. The Morgan fingerprint density at radius 3 is 2.54 bits per heavy atom. The number of hydrogen-bond donors (Lipinski definition) is 2. The van der Waals surface area contributed by atoms with Gasteiger partial charge in [0, 0.05) is 0 Å². The molecule has 0 spiro atoms. The Labute approximate surface area is 139 Å². The second-order valence-corrected chi connectivity index (χ2v) is 5.59. The molecule has 0 unspecified atom stereocenters. The van der Waals surface area contributed by atoms with Crippen molar-refractivity contribution in [2.45, 2.75) is 19.8 Å². The van der Waals surface area contributed by atoms with Crippen LogP contribution in [-0.4, -0.2) is 16.1 Å². The summed E-state index contributed by atoms with van der Waals surface area (Å²) in [5, 5.41) is 9.93. The molecule has 0 saturated heterocycles. The smallest absolute Gasteiger partial charge is 0.258 e. The lowest BCUT2D eigenvalue weighted by molar-refractivity contribution is 0.102. The van der Waals surface area contributed by atoms with Gasteiger partial charge in [-0.25, -0.2) is 4.39 Å². The first kappa shape index (κ1) is 15.9. The number of aromatic nitrogens is 2. The van der Waals surface area contributed by atoms with Crippen molar-refractivity contribution in [3.8, 4) is 0 Å². The van der Waals surface area contributed by atoms with Crippen LogP contribution >= 0.6 is 0 Å². The van der Waals surface area contributed by atoms with E-state index in [4.69, 9.17) is 0 Å². The molecule has 5 heteroatoms. The van der Waals surface area contributed by atoms with Crippen molar-refractivity contribution in [3.05, 3.63) is 82.9 Å². The Hall–Kier alpha value is -2.95. The Morgan fingerprint density at radius 1 is 1.08 bits per heavy atom. The quantitative estimate of drug-likeness (QED) is 0.748. The van der Waals surface area contributed by atoms with Gasteiger partial charge in [-0.1, -0.05) is 42.5 Å². The molecule has 4 nitrogen and oxygen atoms in total. The van der Waals surface area contributed by atoms with Gasteiger partial charge >= 0.3 is 0 Å². The predicted octanol–water partition coefficient (Wildman–Crippen LogP) is 3.89. The minimum Gasteiger partial charge on any atom is -0.319 e. The number of nitrogens with one attached hydrogen (secondary N) is 2. The second-order valence-electron chi connectivity index (χ2n) is 5.59. The number of rotatable bonds is 5. The number of nitrogens with zero attached hydrogens (tertiary/aromatic N) is 1. The van der Waals surface area contributed by atoms with Crippen LogP contribution in [0.25, 0.3) is 0 Å². The Balaban J connectivity index is 1.75. The van der Waals surface area contributed by atoms with E-state index < -0.39 is 11.7 Å². The van der Waals surface area contributed by atoms with Crippen LogP contribution in [0.5, 0.6) is 0 Å². The van der Waals surface area contributed by atoms with Crippen molar-refractivity contribution in [3.63, 3.8) is 0 Å². The van der Waals surface area contributed by atoms with Crippen LogP contribution in [0.2, 0.25) is 0 Å². The van der Waals surface area contributed by atoms with E-state index in [1.54, 1.807) is 12.1 Å². The Bertz CT molecular complexity index is 843. The zero-order chi connectivity index (χ0) is 16.9. The van der Waals surface area contributed by atoms with Gasteiger partial charge in [-0.15, -0.1) is 0 Å². The van der Waals surface area contributed by atoms with Gasteiger partial charge in [-0.2, -0.15) is 5.10 Å². The largest absolute Gasteiger partial charge is 0.319 e. The fourth-order valence-electron chi connectivity index (χ4n) is 2.56. The maximum absolute atomic E-state index is 13.8. The lowest BCUT2D eigenvalue weighted by Gasteiger charge is -2.08. The molecular formula is C19H18FN3O. The molecule has 0 aliphatic rings. The van der Waals surface area contributed by atoms with Crippen molar-refractivity contribution in [2.24, 2.45) is 0 Å². The monoisotopic (exact) mass is 323 g/mol. The fourth-order valence-corrected chi connectivity index (χ4v) is 2.56. The van der Waals surface area contributed by atoms with E-state index in [9.17, 15) is 9.18 Å². The molecule has 3 rings (SSSR count). The summed E-state index contributed by atoms with van der Waals surface area (Å²) in [6, 6.07) is 16.0. The van der Waals surface area contributed by atoms with Gasteiger partial charge in [0.05, 0.1) is 22.6 Å². The van der Waals surface area contributed by atoms with Gasteiger partial charge in [-0.3, -0.25) is 9.89 Å². The lowest BCUT2D eigenvalue weighted by atomic mass is 10.1. The van der Waals surface area contributed by atoms with E-state index in [1.807, 2.05) is 25.1 Å². The first-order valence-corrected chi connectivity index (χ1v) is 7.79. The van der Waals surface area contributed by atoms with Gasteiger partial charge < -0.3 is 5.32 Å². The highest BCUT2D eigenvalue weighted by Crippen LogP contribution is 2.21. The molecular weight excluding hydrogens is 305 g/mol. The molecule has 0 radical (unpaired) electrons. The minimum atomic E-state index is -0.540. The summed E-state index contributed by atoms with van der Waals surface area (Å²) < 4.78 is 13.8. The van der Waals surface area contributed by atoms with Crippen LogP contribution in [-0.2, 0) is 12.8 Å². The minimum absolute atomic E-state index is 0.0205. The molecule has 24 heavy (non-hydrogen) atoms. The maximum atomic E-state index is 13.8. The number of hydrogen-bond acceptors (Lipinski definition) is 2. The number of amides is 1. The molecule has 0 aliphatic heterocycles. The van der Waals surface area contributed by atoms with Crippen LogP contribution < -0.4 is 5.32 Å². The van der Waals surface area contributed by atoms with Crippen molar-refractivity contribution < 1.29 is 9.18 Å². The number of aryl methyl sites for hydroxylation is 3. The van der Waals surface area contributed by atoms with Crippen molar-refractivity contribution in [1.29, 1.82) is 0 Å². The summed E-state index contributed by atoms with van der Waals surface area (Å²) >= 11 is 0. The average molecular weight is 323 g/mol. The van der Waals surface area contributed by atoms with Crippen molar-refractivity contribution >= 4 is 11.6 Å². The number of aromatic amines is 1. The van der Waals surface area contributed by atoms with Crippen LogP contribution in [0, 0.1) is 12.7 Å². The molecule has 3 aromatic rings. The highest BCUT2D eigenvalue weighted by molar-refractivity contribution is 6.05. The van der Waals surface area contributed by atoms with E-state index in [1.165, 1.54) is 17.7 Å². The highest BCUT2D eigenvalue weighted by atomic mass is 19.1. The topological polar surface area (TPSA) is 57.8 Å². The van der Waals surface area contributed by atoms with Gasteiger partial charge in [0.2, 0.25) is 0 Å². The summed E-state index contributed by atoms with van der Waals surface area (Å²) in [5.74, 6) is -1.01. The Kier molecular flexibility index (Phi) is 4.70. The third kappa shape index (κ3) is 3.51. The first-order valence-electron chi connectivity index (χ1n) is 7.79. The molecule has 0 saturated carbocycles. The van der Waals surface area contributed by atoms with Crippen LogP contribution in [0.3, 0.4) is 0 Å². The molecule has 0 atom stereocenters. The standard InChI is InChI=1S/C19H18FN3O/c1-13-18(21-19(24)15-9-5-6-10-16(15)20)17(23-22-13)12-11-14-7-3-2-4-8-14/h2-10H,11-12H2,1H3,(H,21,24)(H,22,23). The maximum Gasteiger partial charge on any atom is 0.258 e. The number of benzene rings is 2. The van der Waals surface area contributed by atoms with E-state index >= 15 is 0 Å². The van der Waals surface area contributed by atoms with Gasteiger partial charge in [0.15, 0.2) is 0 Å². The molecule has 1 amide bonds. The number of carbonyl (C=O) groups excluding carboxylic acids is 1. The zero-order valence-electron chi connectivity index (χ0n) is 13.3. The number of carbonyl (C=O) groups is 1. The van der Waals surface area contributed by atoms with E-state index in [2.05, 4.69) is 27.6 Å². The van der Waals surface area contributed by atoms with Crippen molar-refractivity contribution in [1.82, 2.24) is 10.2 Å².